The van der Waals surface area contributed by atoms with Gasteiger partial charge in [-0.1, -0.05) is 6.92 Å². The maximum Gasteiger partial charge on any atom is 0.353 e. The largest absolute Gasteiger partial charge is 0.477 e. The third-order valence-electron chi connectivity index (χ3n) is 5.46. The molecule has 8 nitrogen and oxygen atoms in total. The van der Waals surface area contributed by atoms with Gasteiger partial charge in [0.1, 0.15) is 5.70 Å². The standard InChI is InChI=1S/C17H24F2N4O4S/c1-7-11-10(8(2)22-15(24)14(18)19)16(25)23(11)12(17(26)27)13(7)28-6-9-5-20-3-4-21-9/h7-11,14,20-21H,3-6H2,1-2H3,(H,22,24)(H,26,27)/t7-,8?,9+,10-,11-/m1/s1. The molecule has 0 aromatic heterocycles. The van der Waals surface area contributed by atoms with Crippen molar-refractivity contribution < 1.29 is 28.3 Å². The Hall–Kier alpha value is -1.72. The second kappa shape index (κ2) is 8.34. The third-order valence-corrected chi connectivity index (χ3v) is 6.91. The number of amides is 2. The van der Waals surface area contributed by atoms with E-state index in [4.69, 9.17) is 0 Å². The molecule has 4 N–H and O–H groups in total. The molecule has 3 rings (SSSR count). The smallest absolute Gasteiger partial charge is 0.353 e. The molecule has 3 aliphatic heterocycles. The average molecular weight is 418 g/mol. The molecule has 0 bridgehead atoms. The number of hydrogen-bond acceptors (Lipinski definition) is 6. The second-order valence-electron chi connectivity index (χ2n) is 7.30. The van der Waals surface area contributed by atoms with Crippen LogP contribution in [0.4, 0.5) is 8.78 Å². The molecule has 28 heavy (non-hydrogen) atoms. The van der Waals surface area contributed by atoms with Crippen molar-refractivity contribution in [2.24, 2.45) is 11.8 Å². The van der Waals surface area contributed by atoms with Gasteiger partial charge in [-0.05, 0) is 6.92 Å². The van der Waals surface area contributed by atoms with E-state index in [9.17, 15) is 28.3 Å². The number of halogens is 2. The van der Waals surface area contributed by atoms with Crippen molar-refractivity contribution in [3.05, 3.63) is 10.6 Å². The highest BCUT2D eigenvalue weighted by Gasteiger charge is 2.60. The lowest BCUT2D eigenvalue weighted by Gasteiger charge is -2.47. The number of fused-ring (bicyclic) bond motifs is 1. The first-order chi connectivity index (χ1) is 13.2. The molecule has 0 radical (unpaired) electrons. The summed E-state index contributed by atoms with van der Waals surface area (Å²) >= 11 is 1.41. The molecule has 11 heteroatoms. The van der Waals surface area contributed by atoms with Gasteiger partial charge in [0.25, 0.3) is 5.91 Å². The fourth-order valence-electron chi connectivity index (χ4n) is 4.13. The van der Waals surface area contributed by atoms with Gasteiger partial charge in [-0.15, -0.1) is 11.8 Å². The molecule has 3 heterocycles. The van der Waals surface area contributed by atoms with Crippen LogP contribution in [-0.4, -0.2) is 77.7 Å². The van der Waals surface area contributed by atoms with Crippen LogP contribution in [0.2, 0.25) is 0 Å². The summed E-state index contributed by atoms with van der Waals surface area (Å²) in [5.41, 5.74) is -0.0279. The molecule has 0 spiro atoms. The molecule has 156 valence electrons. The van der Waals surface area contributed by atoms with E-state index < -0.39 is 42.2 Å². The average Bonchev–Trinajstić information content (AvgIpc) is 2.89. The van der Waals surface area contributed by atoms with Crippen LogP contribution >= 0.6 is 11.8 Å². The van der Waals surface area contributed by atoms with Gasteiger partial charge in [0.15, 0.2) is 0 Å². The van der Waals surface area contributed by atoms with E-state index in [1.54, 1.807) is 0 Å². The zero-order chi connectivity index (χ0) is 20.6. The number of rotatable bonds is 7. The zero-order valence-corrected chi connectivity index (χ0v) is 16.4. The number of piperazine rings is 1. The molecular weight excluding hydrogens is 394 g/mol. The van der Waals surface area contributed by atoms with Crippen molar-refractivity contribution in [2.45, 2.75) is 38.4 Å². The topological polar surface area (TPSA) is 111 Å². The summed E-state index contributed by atoms with van der Waals surface area (Å²) in [5.74, 6) is -3.38. The minimum atomic E-state index is -3.16. The van der Waals surface area contributed by atoms with Crippen molar-refractivity contribution >= 4 is 29.5 Å². The Morgan fingerprint density at radius 1 is 1.39 bits per heavy atom. The molecule has 5 atom stereocenters. The maximum atomic E-state index is 12.6. The molecule has 3 aliphatic rings. The number of β-lactam (4-membered cyclic amide) rings is 1. The maximum absolute atomic E-state index is 12.6. The highest BCUT2D eigenvalue weighted by molar-refractivity contribution is 8.03. The van der Waals surface area contributed by atoms with Crippen LogP contribution in [0.15, 0.2) is 10.6 Å². The fourth-order valence-corrected chi connectivity index (χ4v) is 5.47. The first kappa shape index (κ1) is 21.0. The van der Waals surface area contributed by atoms with Gasteiger partial charge in [-0.25, -0.2) is 4.79 Å². The number of carbonyl (C=O) groups is 3. The molecule has 2 fully saturated rings. The number of hydrogen-bond donors (Lipinski definition) is 4. The van der Waals surface area contributed by atoms with Crippen LogP contribution < -0.4 is 16.0 Å². The first-order valence-corrected chi connectivity index (χ1v) is 10.2. The van der Waals surface area contributed by atoms with E-state index in [0.29, 0.717) is 10.7 Å². The van der Waals surface area contributed by atoms with E-state index in [2.05, 4.69) is 16.0 Å². The molecule has 2 amide bonds. The molecule has 2 saturated heterocycles. The van der Waals surface area contributed by atoms with Crippen LogP contribution in [-0.2, 0) is 14.4 Å². The Balaban J connectivity index is 1.73. The quantitative estimate of drug-likeness (QED) is 0.425. The van der Waals surface area contributed by atoms with E-state index >= 15 is 0 Å². The second-order valence-corrected chi connectivity index (χ2v) is 8.36. The van der Waals surface area contributed by atoms with Gasteiger partial charge in [0, 0.05) is 48.3 Å². The number of alkyl halides is 2. The fraction of sp³-hybridized carbons (Fsp3) is 0.706. The highest BCUT2D eigenvalue weighted by atomic mass is 32.2. The molecule has 0 saturated carbocycles. The lowest BCUT2D eigenvalue weighted by Crippen LogP contribution is -2.66. The summed E-state index contributed by atoms with van der Waals surface area (Å²) in [5, 5.41) is 18.4. The van der Waals surface area contributed by atoms with E-state index in [1.165, 1.54) is 23.6 Å². The van der Waals surface area contributed by atoms with Gasteiger partial charge in [0.05, 0.1) is 12.0 Å². The van der Waals surface area contributed by atoms with Crippen molar-refractivity contribution in [3.63, 3.8) is 0 Å². The third kappa shape index (κ3) is 3.74. The summed E-state index contributed by atoms with van der Waals surface area (Å²) in [4.78, 5) is 37.6. The Bertz CT molecular complexity index is 699. The van der Waals surface area contributed by atoms with Crippen LogP contribution in [0.1, 0.15) is 13.8 Å². The van der Waals surface area contributed by atoms with Crippen LogP contribution in [0.25, 0.3) is 0 Å². The summed E-state index contributed by atoms with van der Waals surface area (Å²) in [6.07, 6.45) is -3.16. The summed E-state index contributed by atoms with van der Waals surface area (Å²) < 4.78 is 25.0. The minimum Gasteiger partial charge on any atom is -0.477 e. The van der Waals surface area contributed by atoms with Crippen molar-refractivity contribution in [1.29, 1.82) is 0 Å². The van der Waals surface area contributed by atoms with Crippen molar-refractivity contribution in [1.82, 2.24) is 20.9 Å². The minimum absolute atomic E-state index is 0.0279. The van der Waals surface area contributed by atoms with Crippen molar-refractivity contribution in [3.8, 4) is 0 Å². The number of carbonyl (C=O) groups excluding carboxylic acids is 2. The lowest BCUT2D eigenvalue weighted by molar-refractivity contribution is -0.159. The van der Waals surface area contributed by atoms with Gasteiger partial charge in [0.2, 0.25) is 5.91 Å². The predicted octanol–water partition coefficient (Wildman–Crippen LogP) is -0.176. The Kier molecular flexibility index (Phi) is 6.25. The normalized spacial score (nSPS) is 30.9. The number of nitrogens with zero attached hydrogens (tertiary/aromatic N) is 1. The van der Waals surface area contributed by atoms with E-state index in [-0.39, 0.29) is 17.7 Å². The number of carboxylic acids is 1. The number of nitrogens with one attached hydrogen (secondary N) is 3. The van der Waals surface area contributed by atoms with Crippen LogP contribution in [0.3, 0.4) is 0 Å². The van der Waals surface area contributed by atoms with E-state index in [0.717, 1.165) is 19.6 Å². The Labute approximate surface area is 165 Å². The first-order valence-electron chi connectivity index (χ1n) is 9.20. The van der Waals surface area contributed by atoms with Crippen molar-refractivity contribution in [2.75, 3.05) is 25.4 Å². The monoisotopic (exact) mass is 418 g/mol. The van der Waals surface area contributed by atoms with Gasteiger partial charge in [-0.3, -0.25) is 9.59 Å². The van der Waals surface area contributed by atoms with Crippen LogP contribution in [0, 0.1) is 11.8 Å². The summed E-state index contributed by atoms with van der Waals surface area (Å²) in [6, 6.07) is -1.06. The number of aliphatic carboxylic acids is 1. The Morgan fingerprint density at radius 2 is 2.11 bits per heavy atom. The zero-order valence-electron chi connectivity index (χ0n) is 15.6. The van der Waals surface area contributed by atoms with Gasteiger partial charge >= 0.3 is 12.4 Å². The summed E-state index contributed by atoms with van der Waals surface area (Å²) in [7, 11) is 0. The Morgan fingerprint density at radius 3 is 2.68 bits per heavy atom. The van der Waals surface area contributed by atoms with E-state index in [1.807, 2.05) is 6.92 Å². The number of carboxylic acid groups (broad SMARTS) is 1. The lowest BCUT2D eigenvalue weighted by atomic mass is 9.78. The molecular formula is C17H24F2N4O4S. The highest BCUT2D eigenvalue weighted by Crippen LogP contribution is 2.50. The molecule has 1 unspecified atom stereocenters. The van der Waals surface area contributed by atoms with Gasteiger partial charge < -0.3 is 26.0 Å². The molecule has 0 aromatic carbocycles. The number of thioether (sulfide) groups is 1. The predicted molar refractivity (Wildman–Crippen MR) is 98.7 cm³/mol. The molecule has 0 aromatic rings. The SMILES string of the molecule is CC(NC(=O)C(F)F)[C@H]1C(=O)N2C(C(=O)O)=C(SC[C@@H]3CNCCN3)[C@H](C)[C@H]12. The van der Waals surface area contributed by atoms with Crippen LogP contribution in [0.5, 0.6) is 0 Å². The molecule has 0 aliphatic carbocycles. The summed E-state index contributed by atoms with van der Waals surface area (Å²) in [6.45, 7) is 5.83. The van der Waals surface area contributed by atoms with Gasteiger partial charge in [-0.2, -0.15) is 8.78 Å².